The van der Waals surface area contributed by atoms with Gasteiger partial charge in [-0.25, -0.2) is 0 Å². The number of esters is 1. The monoisotopic (exact) mass is 396 g/mol. The zero-order valence-corrected chi connectivity index (χ0v) is 14.9. The van der Waals surface area contributed by atoms with Gasteiger partial charge in [-0.2, -0.15) is 0 Å². The van der Waals surface area contributed by atoms with E-state index in [1.54, 1.807) is 0 Å². The van der Waals surface area contributed by atoms with E-state index in [1.807, 2.05) is 0 Å². The number of halogens is 1. The molecule has 0 aromatic heterocycles. The van der Waals surface area contributed by atoms with Crippen molar-refractivity contribution in [1.82, 2.24) is 0 Å². The molecule has 0 radical (unpaired) electrons. The van der Waals surface area contributed by atoms with Crippen LogP contribution in [0.2, 0.25) is 25.7 Å². The minimum Gasteiger partial charge on any atom is -0.460 e. The van der Waals surface area contributed by atoms with E-state index in [4.69, 9.17) is 9.47 Å². The summed E-state index contributed by atoms with van der Waals surface area (Å²) in [6, 6.07) is 1.04. The van der Waals surface area contributed by atoms with Crippen LogP contribution in [0.3, 0.4) is 0 Å². The first-order chi connectivity index (χ1) is 8.77. The van der Waals surface area contributed by atoms with Crippen molar-refractivity contribution in [3.63, 3.8) is 0 Å². The number of hydrogen-bond donors (Lipinski definition) is 0. The number of ketones is 1. The average Bonchev–Trinajstić information content (AvgIpc) is 2.45. The number of rotatable bonds is 5. The van der Waals surface area contributed by atoms with E-state index < -0.39 is 13.5 Å². The highest BCUT2D eigenvalue weighted by molar-refractivity contribution is 14.1. The number of carbonyl (C=O) groups is 2. The minimum atomic E-state index is -1.15. The van der Waals surface area contributed by atoms with Crippen molar-refractivity contribution in [1.29, 1.82) is 0 Å². The van der Waals surface area contributed by atoms with E-state index in [1.165, 1.54) is 0 Å². The number of ether oxygens (including phenoxy) is 2. The van der Waals surface area contributed by atoms with E-state index in [-0.39, 0.29) is 28.4 Å². The molecule has 2 rings (SSSR count). The lowest BCUT2D eigenvalue weighted by molar-refractivity contribution is -0.153. The van der Waals surface area contributed by atoms with Gasteiger partial charge in [-0.15, -0.1) is 0 Å². The van der Waals surface area contributed by atoms with Gasteiger partial charge < -0.3 is 9.47 Å². The van der Waals surface area contributed by atoms with Crippen molar-refractivity contribution in [2.75, 3.05) is 13.2 Å². The van der Waals surface area contributed by atoms with Crippen molar-refractivity contribution in [3.8, 4) is 0 Å². The maximum Gasteiger partial charge on any atom is 0.323 e. The van der Waals surface area contributed by atoms with Gasteiger partial charge in [0.15, 0.2) is 11.2 Å². The quantitative estimate of drug-likeness (QED) is 0.179. The van der Waals surface area contributed by atoms with Crippen LogP contribution in [0.4, 0.5) is 0 Å². The summed E-state index contributed by atoms with van der Waals surface area (Å²) >= 11 is 2.18. The average molecular weight is 396 g/mol. The summed E-state index contributed by atoms with van der Waals surface area (Å²) < 4.78 is 10.9. The molecule has 19 heavy (non-hydrogen) atoms. The number of carbonyl (C=O) groups excluding carboxylic acids is 2. The summed E-state index contributed by atoms with van der Waals surface area (Å²) in [4.78, 5) is 24.3. The van der Waals surface area contributed by atoms with Crippen LogP contribution in [-0.4, -0.2) is 43.1 Å². The Bertz CT molecular complexity index is 383. The van der Waals surface area contributed by atoms with Gasteiger partial charge in [0.25, 0.3) is 0 Å². The summed E-state index contributed by atoms with van der Waals surface area (Å²) in [5.74, 6) is -0.369. The molecule has 0 aromatic carbocycles. The first kappa shape index (κ1) is 15.4. The summed E-state index contributed by atoms with van der Waals surface area (Å²) in [6.07, 6.45) is 0.994. The molecule has 2 aliphatic rings. The molecule has 0 unspecified atom stereocenters. The van der Waals surface area contributed by atoms with Crippen LogP contribution in [0, 0.1) is 5.41 Å². The zero-order valence-electron chi connectivity index (χ0n) is 11.7. The second-order valence-corrected chi connectivity index (χ2v) is 13.6. The molecule has 0 aromatic rings. The maximum atomic E-state index is 12.2. The third-order valence-electron chi connectivity index (χ3n) is 3.90. The summed E-state index contributed by atoms with van der Waals surface area (Å²) in [5.41, 5.74) is -1.02. The van der Waals surface area contributed by atoms with Gasteiger partial charge in [-0.1, -0.05) is 42.2 Å². The van der Waals surface area contributed by atoms with E-state index in [0.29, 0.717) is 19.4 Å². The largest absolute Gasteiger partial charge is 0.460 e. The van der Waals surface area contributed by atoms with Crippen molar-refractivity contribution < 1.29 is 19.1 Å². The molecule has 3 atom stereocenters. The van der Waals surface area contributed by atoms with Crippen LogP contribution < -0.4 is 0 Å². The zero-order chi connectivity index (χ0) is 14.3. The molecule has 1 aliphatic carbocycles. The van der Waals surface area contributed by atoms with Crippen LogP contribution in [-0.2, 0) is 19.1 Å². The SMILES string of the molecule is C[Si](C)(C)CCOC[C@@]12C(=O)CC[C@@H](OC1=O)[C@@H]2I. The van der Waals surface area contributed by atoms with E-state index in [0.717, 1.165) is 6.04 Å². The fraction of sp³-hybridized carbons (Fsp3) is 0.846. The first-order valence-corrected chi connectivity index (χ1v) is 11.7. The molecule has 0 spiro atoms. The third-order valence-corrected chi connectivity index (χ3v) is 7.47. The summed E-state index contributed by atoms with van der Waals surface area (Å²) in [6.45, 7) is 7.66. The van der Waals surface area contributed by atoms with Gasteiger partial charge >= 0.3 is 5.97 Å². The molecule has 0 N–H and O–H groups in total. The van der Waals surface area contributed by atoms with Crippen molar-refractivity contribution in [2.24, 2.45) is 5.41 Å². The Kier molecular flexibility index (Phi) is 4.42. The van der Waals surface area contributed by atoms with Gasteiger partial charge in [0.2, 0.25) is 0 Å². The Morgan fingerprint density at radius 3 is 2.74 bits per heavy atom. The highest BCUT2D eigenvalue weighted by atomic mass is 127. The lowest BCUT2D eigenvalue weighted by Crippen LogP contribution is -2.49. The molecular weight excluding hydrogens is 375 g/mol. The normalized spacial score (nSPS) is 34.5. The van der Waals surface area contributed by atoms with Gasteiger partial charge in [-0.3, -0.25) is 9.59 Å². The Balaban J connectivity index is 2.00. The Morgan fingerprint density at radius 2 is 2.11 bits per heavy atom. The first-order valence-electron chi connectivity index (χ1n) is 6.73. The van der Waals surface area contributed by atoms with Gasteiger partial charge in [0.05, 0.1) is 10.5 Å². The standard InChI is InChI=1S/C13H21IO4Si/c1-19(2,3)7-6-17-8-13-10(15)5-4-9(11(13)14)18-12(13)16/h9,11H,4-8H2,1-3H3/t9-,11+,13+/m1/s1. The second-order valence-electron chi connectivity index (χ2n) is 6.64. The highest BCUT2D eigenvalue weighted by Gasteiger charge is 2.63. The number of alkyl halides is 1. The highest BCUT2D eigenvalue weighted by Crippen LogP contribution is 2.47. The molecule has 1 heterocycles. The second kappa shape index (κ2) is 5.44. The fourth-order valence-corrected chi connectivity index (χ4v) is 4.58. The van der Waals surface area contributed by atoms with Crippen LogP contribution in [0.1, 0.15) is 12.8 Å². The predicted molar refractivity (Wildman–Crippen MR) is 83.3 cm³/mol. The molecule has 2 bridgehead atoms. The number of fused-ring (bicyclic) bond motifs is 2. The molecule has 108 valence electrons. The maximum absolute atomic E-state index is 12.2. The topological polar surface area (TPSA) is 52.6 Å². The van der Waals surface area contributed by atoms with Crippen molar-refractivity contribution in [2.45, 2.75) is 48.6 Å². The Hall–Kier alpha value is 0.0469. The fourth-order valence-electron chi connectivity index (χ4n) is 2.53. The van der Waals surface area contributed by atoms with Crippen LogP contribution in [0.15, 0.2) is 0 Å². The molecule has 4 nitrogen and oxygen atoms in total. The Labute approximate surface area is 128 Å². The van der Waals surface area contributed by atoms with Crippen molar-refractivity contribution >= 4 is 42.4 Å². The number of hydrogen-bond acceptors (Lipinski definition) is 4. The minimum absolute atomic E-state index is 0.00125. The number of Topliss-reactive ketones (excluding diaryl/α,β-unsaturated/α-hetero) is 1. The molecule has 2 fully saturated rings. The Morgan fingerprint density at radius 1 is 1.42 bits per heavy atom. The lowest BCUT2D eigenvalue weighted by Gasteiger charge is -2.31. The molecule has 1 aliphatic heterocycles. The van der Waals surface area contributed by atoms with Gasteiger partial charge in [0, 0.05) is 21.1 Å². The van der Waals surface area contributed by atoms with E-state index in [2.05, 4.69) is 42.2 Å². The third kappa shape index (κ3) is 2.90. The molecule has 0 amide bonds. The van der Waals surface area contributed by atoms with Crippen molar-refractivity contribution in [3.05, 3.63) is 0 Å². The van der Waals surface area contributed by atoms with E-state index in [9.17, 15) is 9.59 Å². The molecule has 6 heteroatoms. The molecule has 1 saturated carbocycles. The van der Waals surface area contributed by atoms with Gasteiger partial charge in [0.1, 0.15) is 6.10 Å². The van der Waals surface area contributed by atoms with Crippen LogP contribution >= 0.6 is 22.6 Å². The van der Waals surface area contributed by atoms with Crippen LogP contribution in [0.25, 0.3) is 0 Å². The smallest absolute Gasteiger partial charge is 0.323 e. The molecular formula is C13H21IO4Si. The van der Waals surface area contributed by atoms with Crippen LogP contribution in [0.5, 0.6) is 0 Å². The summed E-state index contributed by atoms with van der Waals surface area (Å²) in [7, 11) is -1.15. The van der Waals surface area contributed by atoms with Gasteiger partial charge in [-0.05, 0) is 12.5 Å². The summed E-state index contributed by atoms with van der Waals surface area (Å²) in [5, 5.41) is 0. The molecule has 1 saturated heterocycles. The lowest BCUT2D eigenvalue weighted by atomic mass is 9.74. The predicted octanol–water partition coefficient (Wildman–Crippen LogP) is 2.42. The van der Waals surface area contributed by atoms with E-state index >= 15 is 0 Å².